The van der Waals surface area contributed by atoms with Crippen molar-refractivity contribution in [3.05, 3.63) is 112 Å². The first-order valence-corrected chi connectivity index (χ1v) is 13.4. The molecule has 0 unspecified atom stereocenters. The molecule has 0 aliphatic carbocycles. The van der Waals surface area contributed by atoms with Crippen LogP contribution < -0.4 is 4.74 Å². The Labute approximate surface area is 227 Å². The van der Waals surface area contributed by atoms with Crippen LogP contribution in [0.1, 0.15) is 29.2 Å². The highest BCUT2D eigenvalue weighted by atomic mass is 79.9. The fourth-order valence-electron chi connectivity index (χ4n) is 5.54. The van der Waals surface area contributed by atoms with Gasteiger partial charge in [-0.25, -0.2) is 0 Å². The number of hydrogen-bond acceptors (Lipinski definition) is 3. The molecule has 0 aliphatic rings. The van der Waals surface area contributed by atoms with E-state index in [2.05, 4.69) is 87.0 Å². The highest BCUT2D eigenvalue weighted by molar-refractivity contribution is 9.10. The third-order valence-electron chi connectivity index (χ3n) is 7.41. The molecule has 190 valence electrons. The number of fused-ring (bicyclic) bond motifs is 2. The zero-order chi connectivity index (χ0) is 26.2. The zero-order valence-corrected chi connectivity index (χ0v) is 23.4. The summed E-state index contributed by atoms with van der Waals surface area (Å²) >= 11 is 3.63. The van der Waals surface area contributed by atoms with Gasteiger partial charge in [0.2, 0.25) is 0 Å². The molecule has 2 atom stereocenters. The first-order chi connectivity index (χ1) is 17.8. The topological polar surface area (TPSA) is 37.6 Å². The number of aromatic nitrogens is 1. The Hall–Kier alpha value is -3.12. The van der Waals surface area contributed by atoms with Gasteiger partial charge in [0.05, 0.1) is 12.8 Å². The fourth-order valence-corrected chi connectivity index (χ4v) is 5.92. The Morgan fingerprint density at radius 3 is 2.32 bits per heavy atom. The van der Waals surface area contributed by atoms with Gasteiger partial charge in [-0.05, 0) is 78.6 Å². The Bertz CT molecular complexity index is 1540. The van der Waals surface area contributed by atoms with Gasteiger partial charge < -0.3 is 19.3 Å². The lowest BCUT2D eigenvalue weighted by atomic mass is 9.72. The van der Waals surface area contributed by atoms with Crippen molar-refractivity contribution >= 4 is 37.6 Å². The van der Waals surface area contributed by atoms with Gasteiger partial charge in [0.15, 0.2) is 0 Å². The van der Waals surface area contributed by atoms with Crippen LogP contribution in [0.2, 0.25) is 0 Å². The third-order valence-corrected chi connectivity index (χ3v) is 7.90. The molecule has 1 N–H and O–H groups in total. The predicted octanol–water partition coefficient (Wildman–Crippen LogP) is 7.07. The molecule has 0 fully saturated rings. The summed E-state index contributed by atoms with van der Waals surface area (Å²) in [5.74, 6) is 0.403. The van der Waals surface area contributed by atoms with Crippen LogP contribution in [0.15, 0.2) is 95.5 Å². The number of aryl methyl sites for hydroxylation is 1. The van der Waals surface area contributed by atoms with Crippen LogP contribution in [0.25, 0.3) is 21.7 Å². The minimum absolute atomic E-state index is 0.366. The summed E-state index contributed by atoms with van der Waals surface area (Å²) in [6.07, 6.45) is 0.545. The van der Waals surface area contributed by atoms with E-state index in [4.69, 9.17) is 4.74 Å². The van der Waals surface area contributed by atoms with Crippen LogP contribution in [0.5, 0.6) is 5.75 Å². The van der Waals surface area contributed by atoms with Gasteiger partial charge in [0, 0.05) is 35.1 Å². The number of benzene rings is 4. The van der Waals surface area contributed by atoms with Gasteiger partial charge in [-0.15, -0.1) is 0 Å². The molecule has 4 nitrogen and oxygen atoms in total. The summed E-state index contributed by atoms with van der Waals surface area (Å²) in [6.45, 7) is 0.725. The average molecular weight is 558 g/mol. The largest absolute Gasteiger partial charge is 0.496 e. The smallest absolute Gasteiger partial charge is 0.123 e. The molecule has 0 aliphatic heterocycles. The van der Waals surface area contributed by atoms with E-state index in [1.165, 1.54) is 0 Å². The Morgan fingerprint density at radius 2 is 1.62 bits per heavy atom. The van der Waals surface area contributed by atoms with Crippen LogP contribution in [0, 0.1) is 0 Å². The van der Waals surface area contributed by atoms with Crippen molar-refractivity contribution in [2.24, 2.45) is 7.05 Å². The minimum Gasteiger partial charge on any atom is -0.496 e. The summed E-state index contributed by atoms with van der Waals surface area (Å²) in [7, 11) is 7.86. The Kier molecular flexibility index (Phi) is 7.13. The summed E-state index contributed by atoms with van der Waals surface area (Å²) in [4.78, 5) is 2.13. The molecule has 1 heterocycles. The normalized spacial score (nSPS) is 14.2. The Morgan fingerprint density at radius 1 is 0.892 bits per heavy atom. The van der Waals surface area contributed by atoms with Crippen LogP contribution in [0.3, 0.4) is 0 Å². The highest BCUT2D eigenvalue weighted by Crippen LogP contribution is 2.49. The molecule has 5 rings (SSSR count). The molecule has 4 aromatic carbocycles. The molecule has 5 heteroatoms. The summed E-state index contributed by atoms with van der Waals surface area (Å²) in [5.41, 5.74) is 2.78. The average Bonchev–Trinajstić information content (AvgIpc) is 3.25. The molecular weight excluding hydrogens is 524 g/mol. The van der Waals surface area contributed by atoms with E-state index in [0.29, 0.717) is 6.42 Å². The molecule has 1 aromatic heterocycles. The molecule has 0 saturated heterocycles. The molecule has 37 heavy (non-hydrogen) atoms. The first kappa shape index (κ1) is 25.5. The van der Waals surface area contributed by atoms with Crippen LogP contribution >= 0.6 is 15.9 Å². The maximum atomic E-state index is 13.0. The number of rotatable bonds is 8. The number of para-hydroxylation sites is 1. The van der Waals surface area contributed by atoms with Crippen molar-refractivity contribution in [2.75, 3.05) is 27.7 Å². The van der Waals surface area contributed by atoms with Crippen molar-refractivity contribution in [3.63, 3.8) is 0 Å². The molecule has 0 saturated carbocycles. The third kappa shape index (κ3) is 4.79. The van der Waals surface area contributed by atoms with Gasteiger partial charge in [0.1, 0.15) is 11.4 Å². The number of hydrogen-bond donors (Lipinski definition) is 1. The summed E-state index contributed by atoms with van der Waals surface area (Å²) < 4.78 is 9.15. The van der Waals surface area contributed by atoms with Crippen molar-refractivity contribution < 1.29 is 9.84 Å². The number of ether oxygens (including phenoxy) is 1. The van der Waals surface area contributed by atoms with Crippen molar-refractivity contribution in [2.45, 2.75) is 17.9 Å². The van der Waals surface area contributed by atoms with Crippen molar-refractivity contribution in [1.29, 1.82) is 0 Å². The second-order valence-corrected chi connectivity index (χ2v) is 11.0. The second-order valence-electron chi connectivity index (χ2n) is 10.1. The van der Waals surface area contributed by atoms with E-state index in [9.17, 15) is 5.11 Å². The van der Waals surface area contributed by atoms with Crippen LogP contribution in [0.4, 0.5) is 0 Å². The maximum absolute atomic E-state index is 13.0. The standard InChI is InChI=1S/C32H33BrN2O2/c1-34(2)17-16-32(36,30-21-24-12-8-9-13-28(24)35(30)3)31(22-10-6-5-7-11-22)27-19-25-18-26(33)15-14-23(25)20-29(27)37-4/h5-15,18-21,31,36H,16-17H2,1-4H3/t31-,32-/m1/s1. The van der Waals surface area contributed by atoms with Crippen LogP contribution in [-0.4, -0.2) is 42.3 Å². The lowest BCUT2D eigenvalue weighted by molar-refractivity contribution is -0.00222. The predicted molar refractivity (Wildman–Crippen MR) is 156 cm³/mol. The lowest BCUT2D eigenvalue weighted by Gasteiger charge is -2.39. The van der Waals surface area contributed by atoms with Crippen LogP contribution in [-0.2, 0) is 12.6 Å². The van der Waals surface area contributed by atoms with E-state index in [-0.39, 0.29) is 5.92 Å². The van der Waals surface area contributed by atoms with Gasteiger partial charge >= 0.3 is 0 Å². The van der Waals surface area contributed by atoms with Crippen molar-refractivity contribution in [3.8, 4) is 5.75 Å². The monoisotopic (exact) mass is 556 g/mol. The lowest BCUT2D eigenvalue weighted by Crippen LogP contribution is -2.39. The number of methoxy groups -OCH3 is 1. The summed E-state index contributed by atoms with van der Waals surface area (Å²) in [5, 5.41) is 16.3. The van der Waals surface area contributed by atoms with E-state index in [1.54, 1.807) is 7.11 Å². The quantitative estimate of drug-likeness (QED) is 0.222. The first-order valence-electron chi connectivity index (χ1n) is 12.6. The van der Waals surface area contributed by atoms with E-state index >= 15 is 0 Å². The van der Waals surface area contributed by atoms with E-state index < -0.39 is 5.60 Å². The fraction of sp³-hybridized carbons (Fsp3) is 0.250. The molecule has 0 bridgehead atoms. The van der Waals surface area contributed by atoms with E-state index in [1.807, 2.05) is 50.5 Å². The minimum atomic E-state index is -1.22. The number of halogens is 1. The molecule has 0 amide bonds. The van der Waals surface area contributed by atoms with Gasteiger partial charge in [-0.2, -0.15) is 0 Å². The molecule has 0 radical (unpaired) electrons. The highest BCUT2D eigenvalue weighted by Gasteiger charge is 2.44. The number of aliphatic hydroxyl groups is 1. The summed E-state index contributed by atoms with van der Waals surface area (Å²) in [6, 6.07) is 31.3. The van der Waals surface area contributed by atoms with Gasteiger partial charge in [0.25, 0.3) is 0 Å². The Balaban J connectivity index is 1.83. The zero-order valence-electron chi connectivity index (χ0n) is 21.8. The molecule has 5 aromatic rings. The SMILES string of the molecule is COc1cc2ccc(Br)cc2cc1[C@@H](c1ccccc1)[C@@](O)(CCN(C)C)c1cc2ccccc2n1C. The second kappa shape index (κ2) is 10.3. The van der Waals surface area contributed by atoms with Gasteiger partial charge in [-0.1, -0.05) is 70.5 Å². The number of nitrogens with zero attached hydrogens (tertiary/aromatic N) is 2. The molecule has 0 spiro atoms. The van der Waals surface area contributed by atoms with Crippen molar-refractivity contribution in [1.82, 2.24) is 9.47 Å². The van der Waals surface area contributed by atoms with E-state index in [0.717, 1.165) is 55.3 Å². The maximum Gasteiger partial charge on any atom is 0.123 e. The molecular formula is C32H33BrN2O2. The van der Waals surface area contributed by atoms with Gasteiger partial charge in [-0.3, -0.25) is 0 Å².